The summed E-state index contributed by atoms with van der Waals surface area (Å²) in [7, 11) is 1.26. The number of anilines is 5. The van der Waals surface area contributed by atoms with Gasteiger partial charge in [0.05, 0.1) is 24.2 Å². The molecule has 0 atom stereocenters. The fourth-order valence-electron chi connectivity index (χ4n) is 4.25. The van der Waals surface area contributed by atoms with Crippen LogP contribution in [0, 0.1) is 6.92 Å². The topological polar surface area (TPSA) is 118 Å². The Morgan fingerprint density at radius 3 is 2.50 bits per heavy atom. The average Bonchev–Trinajstić information content (AvgIpc) is 2.88. The van der Waals surface area contributed by atoms with Gasteiger partial charge in [-0.15, -0.1) is 0 Å². The van der Waals surface area contributed by atoms with E-state index in [1.807, 2.05) is 31.2 Å². The lowest BCUT2D eigenvalue weighted by Crippen LogP contribution is -2.45. The molecule has 3 aromatic rings. The number of ether oxygens (including phenoxy) is 2. The van der Waals surface area contributed by atoms with Crippen molar-refractivity contribution in [3.8, 4) is 11.5 Å². The number of para-hydroxylation sites is 1. The standard InChI is InChI=1S/C27H38N7O3P/c1-19-18-29-27(32-26(19)30-21-8-6-7-9-25(21)38(4,5)35)31-22-16-20(28)23(17-24(22)36-3)37-15-14-34-12-10-33(2)11-13-34/h6-9,16-18H,10-15,28H2,1-5H3,(H2,29,30,31,32). The molecule has 0 spiro atoms. The van der Waals surface area contributed by atoms with Gasteiger partial charge in [-0.3, -0.25) is 4.90 Å². The van der Waals surface area contributed by atoms with Crippen LogP contribution in [0.4, 0.5) is 28.8 Å². The summed E-state index contributed by atoms with van der Waals surface area (Å²) in [6.45, 7) is 11.0. The maximum absolute atomic E-state index is 12.8. The van der Waals surface area contributed by atoms with Gasteiger partial charge in [0, 0.05) is 55.9 Å². The largest absolute Gasteiger partial charge is 0.494 e. The Kier molecular flexibility index (Phi) is 8.76. The molecule has 4 rings (SSSR count). The van der Waals surface area contributed by atoms with E-state index in [0.717, 1.165) is 49.3 Å². The zero-order valence-corrected chi connectivity index (χ0v) is 23.7. The third-order valence-corrected chi connectivity index (χ3v) is 8.10. The minimum atomic E-state index is -2.48. The van der Waals surface area contributed by atoms with Crippen molar-refractivity contribution in [2.75, 3.05) is 83.2 Å². The third kappa shape index (κ3) is 6.95. The van der Waals surface area contributed by atoms with Crippen molar-refractivity contribution in [1.82, 2.24) is 19.8 Å². The molecular formula is C27H38N7O3P. The van der Waals surface area contributed by atoms with E-state index in [1.54, 1.807) is 38.8 Å². The van der Waals surface area contributed by atoms with Gasteiger partial charge in [0.25, 0.3) is 0 Å². The van der Waals surface area contributed by atoms with E-state index in [9.17, 15) is 4.57 Å². The lowest BCUT2D eigenvalue weighted by molar-refractivity contribution is 0.134. The fraction of sp³-hybridized carbons (Fsp3) is 0.407. The van der Waals surface area contributed by atoms with E-state index in [0.29, 0.717) is 41.2 Å². The van der Waals surface area contributed by atoms with Gasteiger partial charge in [-0.1, -0.05) is 12.1 Å². The van der Waals surface area contributed by atoms with Crippen LogP contribution in [-0.4, -0.2) is 86.6 Å². The molecule has 0 unspecified atom stereocenters. The Morgan fingerprint density at radius 2 is 1.79 bits per heavy atom. The van der Waals surface area contributed by atoms with E-state index in [2.05, 4.69) is 37.4 Å². The first-order valence-electron chi connectivity index (χ1n) is 12.7. The SMILES string of the molecule is COc1cc(OCCN2CCN(C)CC2)c(N)cc1Nc1ncc(C)c(Nc2ccccc2P(C)(C)=O)n1. The quantitative estimate of drug-likeness (QED) is 0.260. The molecular weight excluding hydrogens is 501 g/mol. The first kappa shape index (κ1) is 27.7. The molecule has 0 bridgehead atoms. The second kappa shape index (κ2) is 12.0. The van der Waals surface area contributed by atoms with Crippen molar-refractivity contribution >= 4 is 41.3 Å². The van der Waals surface area contributed by atoms with Gasteiger partial charge in [0.1, 0.15) is 31.1 Å². The summed E-state index contributed by atoms with van der Waals surface area (Å²) in [4.78, 5) is 13.8. The number of aromatic nitrogens is 2. The summed E-state index contributed by atoms with van der Waals surface area (Å²) in [5, 5.41) is 7.31. The highest BCUT2D eigenvalue weighted by molar-refractivity contribution is 7.70. The summed E-state index contributed by atoms with van der Waals surface area (Å²) in [6.07, 6.45) is 1.73. The number of aryl methyl sites for hydroxylation is 1. The van der Waals surface area contributed by atoms with E-state index in [4.69, 9.17) is 15.2 Å². The van der Waals surface area contributed by atoms with E-state index in [1.165, 1.54) is 0 Å². The molecule has 0 aliphatic carbocycles. The van der Waals surface area contributed by atoms with Crippen LogP contribution in [0.5, 0.6) is 11.5 Å². The van der Waals surface area contributed by atoms with Gasteiger partial charge in [-0.2, -0.15) is 4.98 Å². The monoisotopic (exact) mass is 539 g/mol. The van der Waals surface area contributed by atoms with Crippen LogP contribution >= 0.6 is 7.14 Å². The molecule has 0 saturated carbocycles. The van der Waals surface area contributed by atoms with Crippen LogP contribution in [0.3, 0.4) is 0 Å². The molecule has 38 heavy (non-hydrogen) atoms. The number of rotatable bonds is 10. The predicted molar refractivity (Wildman–Crippen MR) is 156 cm³/mol. The number of nitrogen functional groups attached to an aromatic ring is 1. The maximum atomic E-state index is 12.8. The zero-order chi connectivity index (χ0) is 27.3. The molecule has 2 aromatic carbocycles. The second-order valence-corrected chi connectivity index (χ2v) is 13.1. The normalized spacial score (nSPS) is 14.8. The number of nitrogens with zero attached hydrogens (tertiary/aromatic N) is 4. The summed E-state index contributed by atoms with van der Waals surface area (Å²) in [6, 6.07) is 11.1. The molecule has 0 radical (unpaired) electrons. The molecule has 0 amide bonds. The van der Waals surface area contributed by atoms with Crippen LogP contribution < -0.4 is 31.1 Å². The number of hydrogen-bond acceptors (Lipinski definition) is 10. The number of likely N-dealkylation sites (N-methyl/N-ethyl adjacent to an activating group) is 1. The molecule has 2 heterocycles. The number of benzene rings is 2. The van der Waals surface area contributed by atoms with Gasteiger partial charge in [0.2, 0.25) is 5.95 Å². The number of hydrogen-bond donors (Lipinski definition) is 3. The molecule has 1 aromatic heterocycles. The van der Waals surface area contributed by atoms with Gasteiger partial charge in [-0.05, 0) is 45.5 Å². The van der Waals surface area contributed by atoms with Crippen LogP contribution in [0.1, 0.15) is 5.56 Å². The molecule has 204 valence electrons. The van der Waals surface area contributed by atoms with Crippen molar-refractivity contribution in [2.24, 2.45) is 0 Å². The van der Waals surface area contributed by atoms with Crippen LogP contribution in [0.2, 0.25) is 0 Å². The van der Waals surface area contributed by atoms with Crippen LogP contribution in [-0.2, 0) is 4.57 Å². The molecule has 1 aliphatic rings. The number of methoxy groups -OCH3 is 1. The summed E-state index contributed by atoms with van der Waals surface area (Å²) >= 11 is 0. The summed E-state index contributed by atoms with van der Waals surface area (Å²) < 4.78 is 24.4. The Morgan fingerprint density at radius 1 is 1.05 bits per heavy atom. The molecule has 11 heteroatoms. The van der Waals surface area contributed by atoms with Gasteiger partial charge < -0.3 is 35.3 Å². The Balaban J connectivity index is 1.47. The van der Waals surface area contributed by atoms with E-state index >= 15 is 0 Å². The van der Waals surface area contributed by atoms with Crippen LogP contribution in [0.25, 0.3) is 0 Å². The number of piperazine rings is 1. The third-order valence-electron chi connectivity index (χ3n) is 6.55. The first-order chi connectivity index (χ1) is 18.1. The van der Waals surface area contributed by atoms with E-state index in [-0.39, 0.29) is 0 Å². The molecule has 4 N–H and O–H groups in total. The fourth-order valence-corrected chi connectivity index (χ4v) is 5.41. The van der Waals surface area contributed by atoms with Crippen molar-refractivity contribution in [1.29, 1.82) is 0 Å². The molecule has 1 fully saturated rings. The highest BCUT2D eigenvalue weighted by Crippen LogP contribution is 2.39. The van der Waals surface area contributed by atoms with Gasteiger partial charge in [0.15, 0.2) is 0 Å². The summed E-state index contributed by atoms with van der Waals surface area (Å²) in [5.41, 5.74) is 9.05. The maximum Gasteiger partial charge on any atom is 0.229 e. The minimum absolute atomic E-state index is 0.369. The Hall–Kier alpha value is -3.33. The lowest BCUT2D eigenvalue weighted by Gasteiger charge is -2.32. The van der Waals surface area contributed by atoms with Crippen molar-refractivity contribution in [3.05, 3.63) is 48.2 Å². The lowest BCUT2D eigenvalue weighted by atomic mass is 10.2. The number of nitrogens with two attached hydrogens (primary N) is 1. The minimum Gasteiger partial charge on any atom is -0.494 e. The van der Waals surface area contributed by atoms with Gasteiger partial charge in [-0.25, -0.2) is 4.98 Å². The van der Waals surface area contributed by atoms with Crippen molar-refractivity contribution in [2.45, 2.75) is 6.92 Å². The van der Waals surface area contributed by atoms with Crippen molar-refractivity contribution < 1.29 is 14.0 Å². The zero-order valence-electron chi connectivity index (χ0n) is 22.8. The Labute approximate surface area is 224 Å². The Bertz CT molecular complexity index is 1310. The van der Waals surface area contributed by atoms with Gasteiger partial charge >= 0.3 is 0 Å². The molecule has 10 nitrogen and oxygen atoms in total. The molecule has 1 aliphatic heterocycles. The smallest absolute Gasteiger partial charge is 0.229 e. The first-order valence-corrected chi connectivity index (χ1v) is 15.3. The number of nitrogens with one attached hydrogen (secondary N) is 2. The predicted octanol–water partition coefficient (Wildman–Crippen LogP) is 3.74. The average molecular weight is 540 g/mol. The van der Waals surface area contributed by atoms with Crippen molar-refractivity contribution in [3.63, 3.8) is 0 Å². The second-order valence-electron chi connectivity index (χ2n) is 9.93. The van der Waals surface area contributed by atoms with E-state index < -0.39 is 7.14 Å². The highest BCUT2D eigenvalue weighted by atomic mass is 31.2. The molecule has 1 saturated heterocycles. The summed E-state index contributed by atoms with van der Waals surface area (Å²) in [5.74, 6) is 2.12. The van der Waals surface area contributed by atoms with Crippen LogP contribution in [0.15, 0.2) is 42.6 Å². The highest BCUT2D eigenvalue weighted by Gasteiger charge is 2.18.